The first-order chi connectivity index (χ1) is 6.98. The summed E-state index contributed by atoms with van der Waals surface area (Å²) in [5.74, 6) is 0.609. The van der Waals surface area contributed by atoms with E-state index in [1.165, 1.54) is 10.5 Å². The highest BCUT2D eigenvalue weighted by molar-refractivity contribution is 7.89. The van der Waals surface area contributed by atoms with E-state index >= 15 is 0 Å². The lowest BCUT2D eigenvalue weighted by Crippen LogP contribution is -2.28. The lowest BCUT2D eigenvalue weighted by atomic mass is 10.3. The zero-order valence-electron chi connectivity index (χ0n) is 9.32. The average molecular weight is 231 g/mol. The number of unbranched alkanes of at least 4 members (excludes halogenated alkanes) is 1. The molecule has 0 aliphatic heterocycles. The SMILES string of the molecule is CCCCN(C)S(=O)(=O)c1cnc(C)[nH]1. The highest BCUT2D eigenvalue weighted by Gasteiger charge is 2.21. The van der Waals surface area contributed by atoms with Crippen LogP contribution in [0.5, 0.6) is 0 Å². The maximum absolute atomic E-state index is 11.9. The van der Waals surface area contributed by atoms with E-state index in [9.17, 15) is 8.42 Å². The van der Waals surface area contributed by atoms with Crippen LogP contribution in [0.15, 0.2) is 11.2 Å². The van der Waals surface area contributed by atoms with Crippen molar-refractivity contribution in [2.24, 2.45) is 0 Å². The van der Waals surface area contributed by atoms with E-state index in [0.717, 1.165) is 12.8 Å². The number of sulfonamides is 1. The van der Waals surface area contributed by atoms with Crippen LogP contribution in [-0.4, -0.2) is 36.3 Å². The van der Waals surface area contributed by atoms with Crippen LogP contribution >= 0.6 is 0 Å². The number of aromatic nitrogens is 2. The summed E-state index contributed by atoms with van der Waals surface area (Å²) in [4.78, 5) is 6.62. The fraction of sp³-hybridized carbons (Fsp3) is 0.667. The van der Waals surface area contributed by atoms with E-state index in [-0.39, 0.29) is 5.03 Å². The molecule has 0 aliphatic rings. The van der Waals surface area contributed by atoms with Gasteiger partial charge in [0.25, 0.3) is 10.0 Å². The second-order valence-electron chi connectivity index (χ2n) is 3.51. The molecule has 15 heavy (non-hydrogen) atoms. The van der Waals surface area contributed by atoms with Crippen LogP contribution < -0.4 is 0 Å². The van der Waals surface area contributed by atoms with Crippen molar-refractivity contribution >= 4 is 10.0 Å². The maximum Gasteiger partial charge on any atom is 0.259 e. The van der Waals surface area contributed by atoms with Gasteiger partial charge in [-0.1, -0.05) is 13.3 Å². The molecule has 1 heterocycles. The number of hydrogen-bond acceptors (Lipinski definition) is 3. The molecular formula is C9H17N3O2S. The van der Waals surface area contributed by atoms with E-state index in [1.54, 1.807) is 14.0 Å². The molecule has 0 radical (unpaired) electrons. The number of rotatable bonds is 5. The van der Waals surface area contributed by atoms with Gasteiger partial charge in [0.2, 0.25) is 0 Å². The molecule has 0 spiro atoms. The summed E-state index contributed by atoms with van der Waals surface area (Å²) in [7, 11) is -1.79. The van der Waals surface area contributed by atoms with Crippen LogP contribution in [0.1, 0.15) is 25.6 Å². The molecule has 86 valence electrons. The summed E-state index contributed by atoms with van der Waals surface area (Å²) in [5.41, 5.74) is 0. The highest BCUT2D eigenvalue weighted by Crippen LogP contribution is 2.11. The fourth-order valence-corrected chi connectivity index (χ4v) is 2.37. The van der Waals surface area contributed by atoms with Crippen molar-refractivity contribution in [2.75, 3.05) is 13.6 Å². The van der Waals surface area contributed by atoms with Gasteiger partial charge in [-0.3, -0.25) is 0 Å². The van der Waals surface area contributed by atoms with E-state index in [4.69, 9.17) is 0 Å². The molecule has 0 bridgehead atoms. The molecule has 1 rings (SSSR count). The number of nitrogens with zero attached hydrogens (tertiary/aromatic N) is 2. The zero-order valence-corrected chi connectivity index (χ0v) is 10.1. The summed E-state index contributed by atoms with van der Waals surface area (Å²) < 4.78 is 25.2. The van der Waals surface area contributed by atoms with E-state index < -0.39 is 10.0 Å². The van der Waals surface area contributed by atoms with Crippen LogP contribution in [0.25, 0.3) is 0 Å². The summed E-state index contributed by atoms with van der Waals surface area (Å²) in [6.45, 7) is 4.29. The Hall–Kier alpha value is -0.880. The number of hydrogen-bond donors (Lipinski definition) is 1. The Labute approximate surface area is 90.6 Å². The molecule has 0 amide bonds. The normalized spacial score (nSPS) is 12.3. The minimum atomic E-state index is -3.38. The van der Waals surface area contributed by atoms with E-state index in [1.807, 2.05) is 6.92 Å². The van der Waals surface area contributed by atoms with Gasteiger partial charge in [0, 0.05) is 13.6 Å². The third-order valence-electron chi connectivity index (χ3n) is 2.19. The van der Waals surface area contributed by atoms with Crippen LogP contribution in [-0.2, 0) is 10.0 Å². The number of H-pyrrole nitrogens is 1. The van der Waals surface area contributed by atoms with Crippen molar-refractivity contribution < 1.29 is 8.42 Å². The lowest BCUT2D eigenvalue weighted by molar-refractivity contribution is 0.457. The quantitative estimate of drug-likeness (QED) is 0.826. The first-order valence-corrected chi connectivity index (χ1v) is 6.40. The number of nitrogens with one attached hydrogen (secondary N) is 1. The lowest BCUT2D eigenvalue weighted by Gasteiger charge is -2.14. The topological polar surface area (TPSA) is 66.1 Å². The van der Waals surface area contributed by atoms with Gasteiger partial charge in [-0.25, -0.2) is 13.4 Å². The Morgan fingerprint density at radius 2 is 2.20 bits per heavy atom. The van der Waals surface area contributed by atoms with Crippen LogP contribution in [0.2, 0.25) is 0 Å². The summed E-state index contributed by atoms with van der Waals surface area (Å²) in [6.07, 6.45) is 3.19. The van der Waals surface area contributed by atoms with Gasteiger partial charge in [0.05, 0.1) is 6.20 Å². The Kier molecular flexibility index (Phi) is 3.87. The third-order valence-corrected chi connectivity index (χ3v) is 3.96. The predicted molar refractivity (Wildman–Crippen MR) is 58.0 cm³/mol. The molecule has 1 aromatic rings. The summed E-state index contributed by atoms with van der Waals surface area (Å²) in [6, 6.07) is 0. The van der Waals surface area contributed by atoms with Crippen LogP contribution in [0.4, 0.5) is 0 Å². The van der Waals surface area contributed by atoms with Crippen LogP contribution in [0.3, 0.4) is 0 Å². The van der Waals surface area contributed by atoms with Gasteiger partial charge in [0.15, 0.2) is 5.03 Å². The standard InChI is InChI=1S/C9H17N3O2S/c1-4-5-6-12(3)15(13,14)9-7-10-8(2)11-9/h7H,4-6H2,1-3H3,(H,10,11). The first-order valence-electron chi connectivity index (χ1n) is 4.96. The second kappa shape index (κ2) is 4.76. The molecule has 0 saturated heterocycles. The molecule has 6 heteroatoms. The predicted octanol–water partition coefficient (Wildman–Crippen LogP) is 1.14. The molecule has 0 saturated carbocycles. The van der Waals surface area contributed by atoms with E-state index in [0.29, 0.717) is 12.4 Å². The number of aryl methyl sites for hydroxylation is 1. The summed E-state index contributed by atoms with van der Waals surface area (Å²) >= 11 is 0. The Balaban J connectivity index is 2.83. The monoisotopic (exact) mass is 231 g/mol. The van der Waals surface area contributed by atoms with Gasteiger partial charge < -0.3 is 4.98 Å². The molecule has 1 N–H and O–H groups in total. The van der Waals surface area contributed by atoms with Crippen molar-refractivity contribution in [1.82, 2.24) is 14.3 Å². The van der Waals surface area contributed by atoms with Crippen molar-refractivity contribution in [3.63, 3.8) is 0 Å². The van der Waals surface area contributed by atoms with Crippen molar-refractivity contribution in [3.05, 3.63) is 12.0 Å². The highest BCUT2D eigenvalue weighted by atomic mass is 32.2. The first kappa shape index (κ1) is 12.2. The molecule has 0 aliphatic carbocycles. The largest absolute Gasteiger partial charge is 0.332 e. The number of aromatic amines is 1. The van der Waals surface area contributed by atoms with Crippen molar-refractivity contribution in [1.29, 1.82) is 0 Å². The second-order valence-corrected chi connectivity index (χ2v) is 5.53. The van der Waals surface area contributed by atoms with Crippen LogP contribution in [0, 0.1) is 6.92 Å². The Bertz CT molecular complexity index is 411. The van der Waals surface area contributed by atoms with Gasteiger partial charge in [-0.15, -0.1) is 0 Å². The molecule has 0 fully saturated rings. The maximum atomic E-state index is 11.9. The Morgan fingerprint density at radius 1 is 1.53 bits per heavy atom. The van der Waals surface area contributed by atoms with Crippen molar-refractivity contribution in [2.45, 2.75) is 31.7 Å². The molecule has 5 nitrogen and oxygen atoms in total. The van der Waals surface area contributed by atoms with Gasteiger partial charge in [0.1, 0.15) is 5.82 Å². The Morgan fingerprint density at radius 3 is 2.67 bits per heavy atom. The van der Waals surface area contributed by atoms with Gasteiger partial charge >= 0.3 is 0 Å². The third kappa shape index (κ3) is 2.79. The molecule has 0 aromatic carbocycles. The summed E-state index contributed by atoms with van der Waals surface area (Å²) in [5, 5.41) is 0.165. The molecule has 1 aromatic heterocycles. The van der Waals surface area contributed by atoms with E-state index in [2.05, 4.69) is 9.97 Å². The molecular weight excluding hydrogens is 214 g/mol. The smallest absolute Gasteiger partial charge is 0.259 e. The number of imidazole rings is 1. The van der Waals surface area contributed by atoms with Gasteiger partial charge in [-0.2, -0.15) is 4.31 Å². The zero-order chi connectivity index (χ0) is 11.5. The minimum absolute atomic E-state index is 0.165. The molecule has 0 atom stereocenters. The average Bonchev–Trinajstić information content (AvgIpc) is 2.61. The fourth-order valence-electron chi connectivity index (χ4n) is 1.20. The van der Waals surface area contributed by atoms with Gasteiger partial charge in [-0.05, 0) is 13.3 Å². The minimum Gasteiger partial charge on any atom is -0.332 e. The van der Waals surface area contributed by atoms with Crippen molar-refractivity contribution in [3.8, 4) is 0 Å². The molecule has 0 unspecified atom stereocenters.